The summed E-state index contributed by atoms with van der Waals surface area (Å²) < 4.78 is 10.9. The highest BCUT2D eigenvalue weighted by atomic mass is 79.9. The SMILES string of the molecule is COc1cc(-c2c(C)cccc2N)ccn1.COc1cc(B(O)O)ccn1.Cc1cccc(N)c1Br. The number of methoxy groups -OCH3 is 2. The number of aromatic nitrogens is 2. The number of aryl methyl sites for hydroxylation is 2. The Kier molecular flexibility index (Phi) is 11.2. The summed E-state index contributed by atoms with van der Waals surface area (Å²) in [7, 11) is 1.61. The van der Waals surface area contributed by atoms with Crippen molar-refractivity contribution in [3.8, 4) is 22.9 Å². The van der Waals surface area contributed by atoms with Crippen LogP contribution in [-0.2, 0) is 0 Å². The summed E-state index contributed by atoms with van der Waals surface area (Å²) >= 11 is 3.35. The molecule has 0 unspecified atom stereocenters. The van der Waals surface area contributed by atoms with Gasteiger partial charge in [0, 0.05) is 45.9 Å². The number of benzene rings is 2. The third kappa shape index (κ3) is 8.26. The van der Waals surface area contributed by atoms with Gasteiger partial charge in [0.15, 0.2) is 0 Å². The number of rotatable bonds is 4. The molecular formula is C26H30BBrN4O4. The van der Waals surface area contributed by atoms with Crippen molar-refractivity contribution in [3.63, 3.8) is 0 Å². The van der Waals surface area contributed by atoms with Gasteiger partial charge in [-0.3, -0.25) is 0 Å². The van der Waals surface area contributed by atoms with Crippen molar-refractivity contribution in [2.45, 2.75) is 13.8 Å². The fourth-order valence-electron chi connectivity index (χ4n) is 3.13. The predicted octanol–water partition coefficient (Wildman–Crippen LogP) is 3.76. The second-order valence-corrected chi connectivity index (χ2v) is 8.40. The Balaban J connectivity index is 0.000000200. The van der Waals surface area contributed by atoms with Gasteiger partial charge in [-0.15, -0.1) is 0 Å². The van der Waals surface area contributed by atoms with Gasteiger partial charge in [0.2, 0.25) is 11.8 Å². The summed E-state index contributed by atoms with van der Waals surface area (Å²) in [5.74, 6) is 0.968. The van der Waals surface area contributed by atoms with Crippen LogP contribution >= 0.6 is 15.9 Å². The molecule has 0 fully saturated rings. The minimum atomic E-state index is -1.47. The molecule has 188 valence electrons. The summed E-state index contributed by atoms with van der Waals surface area (Å²) in [5, 5.41) is 17.4. The van der Waals surface area contributed by atoms with Gasteiger partial charge < -0.3 is 31.0 Å². The van der Waals surface area contributed by atoms with Crippen LogP contribution in [0.5, 0.6) is 11.8 Å². The van der Waals surface area contributed by atoms with Gasteiger partial charge in [-0.2, -0.15) is 0 Å². The highest BCUT2D eigenvalue weighted by molar-refractivity contribution is 9.10. The zero-order valence-electron chi connectivity index (χ0n) is 20.6. The van der Waals surface area contributed by atoms with Gasteiger partial charge in [-0.25, -0.2) is 9.97 Å². The quantitative estimate of drug-likeness (QED) is 0.222. The van der Waals surface area contributed by atoms with E-state index in [1.165, 1.54) is 31.0 Å². The first kappa shape index (κ1) is 28.6. The molecule has 0 radical (unpaired) electrons. The van der Waals surface area contributed by atoms with Gasteiger partial charge in [0.25, 0.3) is 0 Å². The van der Waals surface area contributed by atoms with Gasteiger partial charge in [-0.05, 0) is 76.2 Å². The van der Waals surface area contributed by atoms with E-state index >= 15 is 0 Å². The molecule has 2 heterocycles. The van der Waals surface area contributed by atoms with Gasteiger partial charge in [0.05, 0.1) is 14.2 Å². The molecule has 0 saturated carbocycles. The number of hydrogen-bond donors (Lipinski definition) is 4. The molecular weight excluding hydrogens is 523 g/mol. The molecule has 0 saturated heterocycles. The summed E-state index contributed by atoms with van der Waals surface area (Å²) in [6.45, 7) is 4.05. The molecule has 0 bridgehead atoms. The second-order valence-electron chi connectivity index (χ2n) is 7.61. The van der Waals surface area contributed by atoms with Crippen molar-refractivity contribution in [1.29, 1.82) is 0 Å². The highest BCUT2D eigenvalue weighted by Gasteiger charge is 2.11. The van der Waals surface area contributed by atoms with Crippen LogP contribution in [-0.4, -0.2) is 41.4 Å². The van der Waals surface area contributed by atoms with E-state index in [9.17, 15) is 0 Å². The molecule has 2 aromatic heterocycles. The largest absolute Gasteiger partial charge is 0.488 e. The van der Waals surface area contributed by atoms with Crippen molar-refractivity contribution in [2.24, 2.45) is 0 Å². The number of halogens is 1. The third-order valence-corrected chi connectivity index (χ3v) is 6.11. The number of pyridine rings is 2. The fourth-order valence-corrected chi connectivity index (χ4v) is 3.39. The maximum Gasteiger partial charge on any atom is 0.488 e. The van der Waals surface area contributed by atoms with Crippen LogP contribution in [0.4, 0.5) is 11.4 Å². The van der Waals surface area contributed by atoms with E-state index in [1.54, 1.807) is 13.3 Å². The first-order chi connectivity index (χ1) is 17.2. The maximum atomic E-state index is 8.72. The Morgan fingerprint density at radius 2 is 1.33 bits per heavy atom. The van der Waals surface area contributed by atoms with E-state index in [2.05, 4.69) is 25.9 Å². The minimum absolute atomic E-state index is 0.371. The molecule has 6 N–H and O–H groups in total. The van der Waals surface area contributed by atoms with E-state index in [-0.39, 0.29) is 0 Å². The fraction of sp³-hybridized carbons (Fsp3) is 0.154. The van der Waals surface area contributed by atoms with E-state index in [4.69, 9.17) is 31.0 Å². The second kappa shape index (κ2) is 14.1. The van der Waals surface area contributed by atoms with Crippen LogP contribution in [0.2, 0.25) is 0 Å². The Bertz CT molecular complexity index is 1230. The highest BCUT2D eigenvalue weighted by Crippen LogP contribution is 2.30. The molecule has 0 aliphatic rings. The van der Waals surface area contributed by atoms with E-state index in [0.717, 1.165) is 32.5 Å². The number of anilines is 2. The molecule has 4 rings (SSSR count). The average molecular weight is 553 g/mol. The Labute approximate surface area is 220 Å². The summed E-state index contributed by atoms with van der Waals surface area (Å²) in [6, 6.07) is 18.5. The lowest BCUT2D eigenvalue weighted by Gasteiger charge is -2.10. The van der Waals surface area contributed by atoms with Gasteiger partial charge in [0.1, 0.15) is 0 Å². The van der Waals surface area contributed by atoms with Crippen LogP contribution < -0.4 is 26.4 Å². The third-order valence-electron chi connectivity index (χ3n) is 5.03. The number of nitrogens with zero attached hydrogens (tertiary/aromatic N) is 2. The molecule has 0 aliphatic carbocycles. The summed E-state index contributed by atoms with van der Waals surface area (Å²) in [5.41, 5.74) is 17.9. The number of hydrogen-bond acceptors (Lipinski definition) is 8. The van der Waals surface area contributed by atoms with Crippen molar-refractivity contribution >= 4 is 39.9 Å². The predicted molar refractivity (Wildman–Crippen MR) is 149 cm³/mol. The molecule has 0 amide bonds. The number of ether oxygens (including phenoxy) is 2. The molecule has 0 aliphatic heterocycles. The van der Waals surface area contributed by atoms with Crippen molar-refractivity contribution in [1.82, 2.24) is 9.97 Å². The lowest BCUT2D eigenvalue weighted by atomic mass is 9.81. The van der Waals surface area contributed by atoms with Gasteiger partial charge >= 0.3 is 7.12 Å². The van der Waals surface area contributed by atoms with Crippen LogP contribution in [0.25, 0.3) is 11.1 Å². The van der Waals surface area contributed by atoms with E-state index in [0.29, 0.717) is 17.2 Å². The molecule has 10 heteroatoms. The monoisotopic (exact) mass is 552 g/mol. The first-order valence-electron chi connectivity index (χ1n) is 10.9. The summed E-state index contributed by atoms with van der Waals surface area (Å²) in [4.78, 5) is 7.88. The van der Waals surface area contributed by atoms with Crippen LogP contribution in [0, 0.1) is 13.8 Å². The topological polar surface area (TPSA) is 137 Å². The van der Waals surface area contributed by atoms with E-state index < -0.39 is 7.12 Å². The zero-order valence-corrected chi connectivity index (χ0v) is 22.2. The van der Waals surface area contributed by atoms with Crippen LogP contribution in [0.15, 0.2) is 77.5 Å². The lowest BCUT2D eigenvalue weighted by molar-refractivity contribution is 0.396. The normalized spacial score (nSPS) is 9.75. The summed E-state index contributed by atoms with van der Waals surface area (Å²) in [6.07, 6.45) is 3.17. The standard InChI is InChI=1S/C13H14N2O.C7H8BrN.C6H8BNO3/c1-9-4-3-5-11(14)13(9)10-6-7-15-12(8-10)16-2;1-5-3-2-4-6(9)7(5)8;1-11-6-4-5(7(9)10)2-3-8-6/h3-8H,14H2,1-2H3;2-4H,9H2,1H3;2-4,9-10H,1H3. The number of nitrogen functional groups attached to an aromatic ring is 2. The molecule has 2 aromatic carbocycles. The van der Waals surface area contributed by atoms with E-state index in [1.807, 2.05) is 62.4 Å². The van der Waals surface area contributed by atoms with Gasteiger partial charge in [-0.1, -0.05) is 24.3 Å². The molecule has 36 heavy (non-hydrogen) atoms. The molecule has 8 nitrogen and oxygen atoms in total. The van der Waals surface area contributed by atoms with Crippen LogP contribution in [0.3, 0.4) is 0 Å². The minimum Gasteiger partial charge on any atom is -0.481 e. The Hall–Kier alpha value is -3.60. The Morgan fingerprint density at radius 1 is 0.778 bits per heavy atom. The Morgan fingerprint density at radius 3 is 1.86 bits per heavy atom. The van der Waals surface area contributed by atoms with Crippen molar-refractivity contribution < 1.29 is 19.5 Å². The van der Waals surface area contributed by atoms with Crippen molar-refractivity contribution in [2.75, 3.05) is 25.7 Å². The van der Waals surface area contributed by atoms with Crippen molar-refractivity contribution in [3.05, 3.63) is 88.7 Å². The lowest BCUT2D eigenvalue weighted by Crippen LogP contribution is -2.29. The molecule has 0 spiro atoms. The van der Waals surface area contributed by atoms with Crippen LogP contribution in [0.1, 0.15) is 11.1 Å². The maximum absolute atomic E-state index is 8.72. The smallest absolute Gasteiger partial charge is 0.481 e. The number of nitrogens with two attached hydrogens (primary N) is 2. The first-order valence-corrected chi connectivity index (χ1v) is 11.7. The average Bonchev–Trinajstić information content (AvgIpc) is 2.88. The zero-order chi connectivity index (χ0) is 26.7. The molecule has 4 aromatic rings. The molecule has 0 atom stereocenters.